The highest BCUT2D eigenvalue weighted by atomic mass is 35.5. The van der Waals surface area contributed by atoms with Crippen LogP contribution in [0, 0.1) is 11.8 Å². The summed E-state index contributed by atoms with van der Waals surface area (Å²) in [6, 6.07) is 0. The largest absolute Gasteiger partial charge is 0.481 e. The third-order valence-electron chi connectivity index (χ3n) is 1.58. The number of carboxylic acids is 1. The fourth-order valence-corrected chi connectivity index (χ4v) is 0.932. The molecule has 0 aromatic heterocycles. The molecule has 0 bridgehead atoms. The molecule has 0 heterocycles. The van der Waals surface area contributed by atoms with Crippen LogP contribution < -0.4 is 0 Å². The van der Waals surface area contributed by atoms with Crippen molar-refractivity contribution in [3.63, 3.8) is 0 Å². The van der Waals surface area contributed by atoms with E-state index in [0.29, 0.717) is 19.3 Å². The second-order valence-corrected chi connectivity index (χ2v) is 3.28. The molecule has 3 nitrogen and oxygen atoms in total. The van der Waals surface area contributed by atoms with Crippen molar-refractivity contribution >= 4 is 17.6 Å². The molecule has 14 heavy (non-hydrogen) atoms. The Morgan fingerprint density at radius 2 is 2.07 bits per heavy atom. The van der Waals surface area contributed by atoms with Crippen LogP contribution in [0.25, 0.3) is 0 Å². The molecule has 0 aliphatic carbocycles. The molecule has 0 radical (unpaired) electrons. The lowest BCUT2D eigenvalue weighted by atomic mass is 10.2. The summed E-state index contributed by atoms with van der Waals surface area (Å²) in [6.45, 7) is 0. The van der Waals surface area contributed by atoms with Crippen LogP contribution in [-0.4, -0.2) is 28.2 Å². The van der Waals surface area contributed by atoms with Crippen molar-refractivity contribution in [2.45, 2.75) is 38.2 Å². The van der Waals surface area contributed by atoms with E-state index in [0.717, 1.165) is 6.42 Å². The van der Waals surface area contributed by atoms with E-state index in [1.807, 2.05) is 0 Å². The molecule has 0 saturated heterocycles. The van der Waals surface area contributed by atoms with Gasteiger partial charge in [0, 0.05) is 25.1 Å². The number of halogens is 1. The van der Waals surface area contributed by atoms with Gasteiger partial charge in [0.1, 0.15) is 0 Å². The summed E-state index contributed by atoms with van der Waals surface area (Å²) in [5.41, 5.74) is 0. The van der Waals surface area contributed by atoms with Crippen molar-refractivity contribution in [2.75, 3.05) is 5.88 Å². The number of unbranched alkanes of at least 4 members (excludes halogenated alkanes) is 2. The lowest BCUT2D eigenvalue weighted by molar-refractivity contribution is -0.137. The van der Waals surface area contributed by atoms with E-state index < -0.39 is 12.1 Å². The minimum absolute atomic E-state index is 0.200. The summed E-state index contributed by atoms with van der Waals surface area (Å²) in [4.78, 5) is 10.1. The molecule has 0 fully saturated rings. The highest BCUT2D eigenvalue weighted by Gasteiger charge is 1.97. The maximum atomic E-state index is 10.1. The van der Waals surface area contributed by atoms with Crippen molar-refractivity contribution in [1.82, 2.24) is 0 Å². The van der Waals surface area contributed by atoms with Gasteiger partial charge in [-0.1, -0.05) is 0 Å². The highest BCUT2D eigenvalue weighted by Crippen LogP contribution is 1.99. The predicted octanol–water partition coefficient (Wildman–Crippen LogP) is 1.62. The normalized spacial score (nSPS) is 11.6. The molecular weight excluding hydrogens is 204 g/mol. The van der Waals surface area contributed by atoms with Crippen LogP contribution in [0.3, 0.4) is 0 Å². The van der Waals surface area contributed by atoms with E-state index in [2.05, 4.69) is 11.8 Å². The van der Waals surface area contributed by atoms with Gasteiger partial charge in [0.25, 0.3) is 0 Å². The number of aliphatic hydroxyl groups excluding tert-OH is 1. The molecule has 2 N–H and O–H groups in total. The number of hydrogen-bond donors (Lipinski definition) is 2. The molecule has 0 spiro atoms. The lowest BCUT2D eigenvalue weighted by Crippen LogP contribution is -2.05. The number of hydrogen-bond acceptors (Lipinski definition) is 2. The van der Waals surface area contributed by atoms with Crippen LogP contribution in [0.15, 0.2) is 0 Å². The van der Waals surface area contributed by atoms with Gasteiger partial charge in [0.15, 0.2) is 0 Å². The van der Waals surface area contributed by atoms with Gasteiger partial charge in [-0.2, -0.15) is 0 Å². The van der Waals surface area contributed by atoms with Gasteiger partial charge in [-0.3, -0.25) is 4.79 Å². The Hall–Kier alpha value is -0.720. The molecular formula is C10H15ClO3. The maximum absolute atomic E-state index is 10.1. The third kappa shape index (κ3) is 9.37. The zero-order chi connectivity index (χ0) is 10.8. The van der Waals surface area contributed by atoms with Crippen molar-refractivity contribution < 1.29 is 15.0 Å². The number of aliphatic hydroxyl groups is 1. The molecule has 1 atom stereocenters. The van der Waals surface area contributed by atoms with Crippen LogP contribution >= 0.6 is 11.6 Å². The van der Waals surface area contributed by atoms with Crippen LogP contribution in [0.4, 0.5) is 0 Å². The Kier molecular flexibility index (Phi) is 8.40. The molecule has 0 aromatic carbocycles. The summed E-state index contributed by atoms with van der Waals surface area (Å²) in [5.74, 6) is 5.09. The van der Waals surface area contributed by atoms with E-state index in [1.54, 1.807) is 0 Å². The molecule has 0 rings (SSSR count). The first-order valence-corrected chi connectivity index (χ1v) is 5.11. The third-order valence-corrected chi connectivity index (χ3v) is 1.94. The van der Waals surface area contributed by atoms with Gasteiger partial charge < -0.3 is 10.2 Å². The molecule has 0 aliphatic rings. The Morgan fingerprint density at radius 3 is 2.64 bits per heavy atom. The number of aliphatic carboxylic acids is 1. The van der Waals surface area contributed by atoms with Gasteiger partial charge >= 0.3 is 5.97 Å². The zero-order valence-corrected chi connectivity index (χ0v) is 8.76. The van der Waals surface area contributed by atoms with Crippen molar-refractivity contribution in [1.29, 1.82) is 0 Å². The fraction of sp³-hybridized carbons (Fsp3) is 0.700. The van der Waals surface area contributed by atoms with Gasteiger partial charge in [0.2, 0.25) is 0 Å². The number of rotatable bonds is 6. The zero-order valence-electron chi connectivity index (χ0n) is 8.00. The molecule has 0 saturated carbocycles. The average molecular weight is 219 g/mol. The van der Waals surface area contributed by atoms with E-state index in [-0.39, 0.29) is 12.3 Å². The van der Waals surface area contributed by atoms with Crippen LogP contribution in [0.1, 0.15) is 32.1 Å². The lowest BCUT2D eigenvalue weighted by Gasteiger charge is -1.97. The first-order valence-electron chi connectivity index (χ1n) is 4.58. The average Bonchev–Trinajstić information content (AvgIpc) is 2.15. The minimum Gasteiger partial charge on any atom is -0.481 e. The fourth-order valence-electron chi connectivity index (χ4n) is 0.823. The molecule has 0 unspecified atom stereocenters. The van der Waals surface area contributed by atoms with Crippen molar-refractivity contribution in [2.24, 2.45) is 0 Å². The summed E-state index contributed by atoms with van der Waals surface area (Å²) in [7, 11) is 0. The Labute approximate surface area is 89.1 Å². The SMILES string of the molecule is O=C(O)CCCCC#CC[C@@H](O)CCl. The van der Waals surface area contributed by atoms with Crippen molar-refractivity contribution in [3.8, 4) is 11.8 Å². The Balaban J connectivity index is 3.30. The van der Waals surface area contributed by atoms with Gasteiger partial charge in [-0.15, -0.1) is 23.4 Å². The summed E-state index contributed by atoms with van der Waals surface area (Å²) in [5, 5.41) is 17.4. The molecule has 0 aliphatic heterocycles. The summed E-state index contributed by atoms with van der Waals surface area (Å²) < 4.78 is 0. The van der Waals surface area contributed by atoms with Crippen LogP contribution in [0.2, 0.25) is 0 Å². The van der Waals surface area contributed by atoms with E-state index in [9.17, 15) is 4.79 Å². The van der Waals surface area contributed by atoms with E-state index in [4.69, 9.17) is 21.8 Å². The van der Waals surface area contributed by atoms with E-state index in [1.165, 1.54) is 0 Å². The molecule has 0 aromatic rings. The second-order valence-electron chi connectivity index (χ2n) is 2.97. The number of carbonyl (C=O) groups is 1. The van der Waals surface area contributed by atoms with Crippen LogP contribution in [0.5, 0.6) is 0 Å². The Bertz CT molecular complexity index is 217. The van der Waals surface area contributed by atoms with Gasteiger partial charge in [0.05, 0.1) is 6.10 Å². The minimum atomic E-state index is -0.768. The van der Waals surface area contributed by atoms with Crippen LogP contribution in [-0.2, 0) is 4.79 Å². The second kappa shape index (κ2) is 8.86. The number of carboxylic acid groups (broad SMARTS) is 1. The summed E-state index contributed by atoms with van der Waals surface area (Å²) >= 11 is 5.37. The standard InChI is InChI=1S/C10H15ClO3/c11-8-9(12)6-4-2-1-3-5-7-10(13)14/h9,12H,1,3,5-8H2,(H,13,14)/t9-/m1/s1. The first kappa shape index (κ1) is 13.3. The summed E-state index contributed by atoms with van der Waals surface area (Å²) in [6.07, 6.45) is 2.16. The van der Waals surface area contributed by atoms with E-state index >= 15 is 0 Å². The number of alkyl halides is 1. The molecule has 0 amide bonds. The first-order chi connectivity index (χ1) is 6.66. The van der Waals surface area contributed by atoms with Crippen molar-refractivity contribution in [3.05, 3.63) is 0 Å². The highest BCUT2D eigenvalue weighted by molar-refractivity contribution is 6.18. The monoisotopic (exact) mass is 218 g/mol. The van der Waals surface area contributed by atoms with Gasteiger partial charge in [-0.25, -0.2) is 0 Å². The predicted molar refractivity (Wildman–Crippen MR) is 55.2 cm³/mol. The van der Waals surface area contributed by atoms with Gasteiger partial charge in [-0.05, 0) is 12.8 Å². The topological polar surface area (TPSA) is 57.5 Å². The molecule has 80 valence electrons. The Morgan fingerprint density at radius 1 is 1.36 bits per heavy atom. The molecule has 4 heteroatoms. The maximum Gasteiger partial charge on any atom is 0.303 e. The smallest absolute Gasteiger partial charge is 0.303 e. The quantitative estimate of drug-likeness (QED) is 0.405.